The van der Waals surface area contributed by atoms with Gasteiger partial charge in [-0.15, -0.1) is 0 Å². The van der Waals surface area contributed by atoms with E-state index >= 15 is 0 Å². The topological polar surface area (TPSA) is 29.9 Å². The molecule has 1 aromatic heterocycles. The molecular formula is C13H13BrF3N3. The number of hydrogen-bond donors (Lipinski definition) is 1. The number of anilines is 1. The molecule has 0 spiro atoms. The molecule has 0 aliphatic rings. The number of rotatable bonds is 3. The van der Waals surface area contributed by atoms with E-state index in [2.05, 4.69) is 26.3 Å². The Hall–Kier alpha value is -1.50. The van der Waals surface area contributed by atoms with Crippen molar-refractivity contribution in [2.24, 2.45) is 7.05 Å². The number of halogens is 4. The zero-order valence-electron chi connectivity index (χ0n) is 10.9. The van der Waals surface area contributed by atoms with Gasteiger partial charge in [0.05, 0.1) is 28.0 Å². The van der Waals surface area contributed by atoms with E-state index in [0.717, 1.165) is 28.0 Å². The van der Waals surface area contributed by atoms with E-state index in [-0.39, 0.29) is 0 Å². The van der Waals surface area contributed by atoms with Crippen LogP contribution >= 0.6 is 15.9 Å². The first-order valence-corrected chi connectivity index (χ1v) is 6.67. The quantitative estimate of drug-likeness (QED) is 0.904. The Morgan fingerprint density at radius 3 is 2.30 bits per heavy atom. The van der Waals surface area contributed by atoms with E-state index in [1.165, 1.54) is 12.1 Å². The summed E-state index contributed by atoms with van der Waals surface area (Å²) in [5.74, 6) is 0. The SMILES string of the molecule is Cc1nn(C)c(CNc2ccc(C(F)(F)F)cc2)c1Br. The van der Waals surface area contributed by atoms with Gasteiger partial charge in [-0.1, -0.05) is 0 Å². The molecule has 7 heteroatoms. The number of alkyl halides is 3. The lowest BCUT2D eigenvalue weighted by atomic mass is 10.2. The minimum Gasteiger partial charge on any atom is -0.379 e. The predicted molar refractivity (Wildman–Crippen MR) is 74.4 cm³/mol. The summed E-state index contributed by atoms with van der Waals surface area (Å²) in [6.45, 7) is 2.36. The summed E-state index contributed by atoms with van der Waals surface area (Å²) >= 11 is 3.44. The van der Waals surface area contributed by atoms with Crippen molar-refractivity contribution in [1.29, 1.82) is 0 Å². The maximum atomic E-state index is 12.4. The number of nitrogens with one attached hydrogen (secondary N) is 1. The van der Waals surface area contributed by atoms with Crippen LogP contribution in [0.2, 0.25) is 0 Å². The monoisotopic (exact) mass is 347 g/mol. The minimum atomic E-state index is -4.30. The van der Waals surface area contributed by atoms with Gasteiger partial charge in [0.1, 0.15) is 0 Å². The number of nitrogens with zero attached hydrogens (tertiary/aromatic N) is 2. The van der Waals surface area contributed by atoms with Crippen LogP contribution in [0, 0.1) is 6.92 Å². The molecule has 0 saturated carbocycles. The highest BCUT2D eigenvalue weighted by Crippen LogP contribution is 2.30. The lowest BCUT2D eigenvalue weighted by Gasteiger charge is -2.10. The summed E-state index contributed by atoms with van der Waals surface area (Å²) in [7, 11) is 1.82. The normalized spacial score (nSPS) is 11.7. The summed E-state index contributed by atoms with van der Waals surface area (Å²) in [4.78, 5) is 0. The zero-order chi connectivity index (χ0) is 14.9. The van der Waals surface area contributed by atoms with Crippen LogP contribution in [0.4, 0.5) is 18.9 Å². The van der Waals surface area contributed by atoms with Crippen LogP contribution in [0.15, 0.2) is 28.7 Å². The second-order valence-electron chi connectivity index (χ2n) is 4.40. The van der Waals surface area contributed by atoms with Crippen LogP contribution in [-0.2, 0) is 19.8 Å². The van der Waals surface area contributed by atoms with Gasteiger partial charge in [-0.2, -0.15) is 18.3 Å². The van der Waals surface area contributed by atoms with Crippen LogP contribution in [0.1, 0.15) is 17.0 Å². The average Bonchev–Trinajstić information content (AvgIpc) is 2.61. The molecule has 3 nitrogen and oxygen atoms in total. The van der Waals surface area contributed by atoms with Gasteiger partial charge < -0.3 is 5.32 Å². The van der Waals surface area contributed by atoms with Gasteiger partial charge in [0.2, 0.25) is 0 Å². The molecule has 0 aliphatic heterocycles. The lowest BCUT2D eigenvalue weighted by molar-refractivity contribution is -0.137. The van der Waals surface area contributed by atoms with Crippen molar-refractivity contribution in [1.82, 2.24) is 9.78 Å². The lowest BCUT2D eigenvalue weighted by Crippen LogP contribution is -2.07. The first-order chi connectivity index (χ1) is 9.29. The molecule has 0 amide bonds. The van der Waals surface area contributed by atoms with E-state index in [9.17, 15) is 13.2 Å². The number of aryl methyl sites for hydroxylation is 2. The summed E-state index contributed by atoms with van der Waals surface area (Å²) < 4.78 is 40.0. The van der Waals surface area contributed by atoms with Gasteiger partial charge in [-0.05, 0) is 47.1 Å². The highest BCUT2D eigenvalue weighted by Gasteiger charge is 2.29. The van der Waals surface area contributed by atoms with Crippen molar-refractivity contribution in [2.45, 2.75) is 19.6 Å². The molecule has 0 saturated heterocycles. The molecule has 0 aliphatic carbocycles. The fraction of sp³-hybridized carbons (Fsp3) is 0.308. The predicted octanol–water partition coefficient (Wildman–Crippen LogP) is 4.12. The molecule has 0 fully saturated rings. The Labute approximate surface area is 122 Å². The third kappa shape index (κ3) is 3.15. The van der Waals surface area contributed by atoms with Gasteiger partial charge in [0.15, 0.2) is 0 Å². The summed E-state index contributed by atoms with van der Waals surface area (Å²) in [6, 6.07) is 4.96. The molecule has 1 aromatic carbocycles. The Morgan fingerprint density at radius 2 is 1.85 bits per heavy atom. The van der Waals surface area contributed by atoms with Crippen LogP contribution in [0.5, 0.6) is 0 Å². The van der Waals surface area contributed by atoms with Crippen LogP contribution < -0.4 is 5.32 Å². The number of aromatic nitrogens is 2. The second kappa shape index (κ2) is 5.47. The molecule has 1 N–H and O–H groups in total. The maximum absolute atomic E-state index is 12.4. The summed E-state index contributed by atoms with van der Waals surface area (Å²) in [5, 5.41) is 7.33. The Balaban J connectivity index is 2.08. The highest BCUT2D eigenvalue weighted by atomic mass is 79.9. The summed E-state index contributed by atoms with van der Waals surface area (Å²) in [6.07, 6.45) is -4.30. The molecule has 0 radical (unpaired) electrons. The van der Waals surface area contributed by atoms with Crippen molar-refractivity contribution < 1.29 is 13.2 Å². The standard InChI is InChI=1S/C13H13BrF3N3/c1-8-12(14)11(20(2)19-8)7-18-10-5-3-9(4-6-10)13(15,16)17/h3-6,18H,7H2,1-2H3. The second-order valence-corrected chi connectivity index (χ2v) is 5.19. The van der Waals surface area contributed by atoms with Gasteiger partial charge in [0, 0.05) is 12.7 Å². The van der Waals surface area contributed by atoms with E-state index in [0.29, 0.717) is 12.2 Å². The van der Waals surface area contributed by atoms with Crippen LogP contribution in [0.3, 0.4) is 0 Å². The Kier molecular flexibility index (Phi) is 4.08. The van der Waals surface area contributed by atoms with Crippen LogP contribution in [0.25, 0.3) is 0 Å². The van der Waals surface area contributed by atoms with E-state index in [1.54, 1.807) is 4.68 Å². The van der Waals surface area contributed by atoms with Crippen LogP contribution in [-0.4, -0.2) is 9.78 Å². The van der Waals surface area contributed by atoms with Gasteiger partial charge in [0.25, 0.3) is 0 Å². The van der Waals surface area contributed by atoms with E-state index < -0.39 is 11.7 Å². The van der Waals surface area contributed by atoms with Gasteiger partial charge in [-0.25, -0.2) is 0 Å². The fourth-order valence-electron chi connectivity index (χ4n) is 1.83. The van der Waals surface area contributed by atoms with Gasteiger partial charge in [-0.3, -0.25) is 4.68 Å². The molecule has 108 valence electrons. The smallest absolute Gasteiger partial charge is 0.379 e. The molecule has 1 heterocycles. The first-order valence-electron chi connectivity index (χ1n) is 5.88. The molecular weight excluding hydrogens is 335 g/mol. The van der Waals surface area contributed by atoms with Crippen molar-refractivity contribution >= 4 is 21.6 Å². The fourth-order valence-corrected chi connectivity index (χ4v) is 2.31. The van der Waals surface area contributed by atoms with Crippen molar-refractivity contribution in [2.75, 3.05) is 5.32 Å². The molecule has 0 bridgehead atoms. The van der Waals surface area contributed by atoms with Gasteiger partial charge >= 0.3 is 6.18 Å². The number of hydrogen-bond acceptors (Lipinski definition) is 2. The molecule has 0 atom stereocenters. The molecule has 20 heavy (non-hydrogen) atoms. The molecule has 2 rings (SSSR count). The van der Waals surface area contributed by atoms with E-state index in [1.807, 2.05) is 14.0 Å². The molecule has 2 aromatic rings. The Bertz CT molecular complexity index is 603. The van der Waals surface area contributed by atoms with Crippen molar-refractivity contribution in [3.8, 4) is 0 Å². The Morgan fingerprint density at radius 1 is 1.25 bits per heavy atom. The average molecular weight is 348 g/mol. The summed E-state index contributed by atoms with van der Waals surface area (Å²) in [5.41, 5.74) is 1.78. The first kappa shape index (κ1) is 14.9. The largest absolute Gasteiger partial charge is 0.416 e. The third-order valence-corrected chi connectivity index (χ3v) is 3.97. The minimum absolute atomic E-state index is 0.475. The zero-order valence-corrected chi connectivity index (χ0v) is 12.5. The van der Waals surface area contributed by atoms with E-state index in [4.69, 9.17) is 0 Å². The van der Waals surface area contributed by atoms with Crippen molar-refractivity contribution in [3.05, 3.63) is 45.7 Å². The maximum Gasteiger partial charge on any atom is 0.416 e. The highest BCUT2D eigenvalue weighted by molar-refractivity contribution is 9.10. The van der Waals surface area contributed by atoms with Crippen molar-refractivity contribution in [3.63, 3.8) is 0 Å². The molecule has 0 unspecified atom stereocenters. The third-order valence-electron chi connectivity index (χ3n) is 2.93. The number of benzene rings is 1.